The molecule has 22 heavy (non-hydrogen) atoms. The molecule has 0 fully saturated rings. The molecule has 1 amide bonds. The Hall–Kier alpha value is -2.09. The summed E-state index contributed by atoms with van der Waals surface area (Å²) in [6.45, 7) is 0.167. The Balaban J connectivity index is 1.76. The molecule has 0 bridgehead atoms. The van der Waals surface area contributed by atoms with Crippen LogP contribution in [0.4, 0.5) is 5.69 Å². The maximum Gasteiger partial charge on any atom is 0.259 e. The molecule has 5 nitrogen and oxygen atoms in total. The van der Waals surface area contributed by atoms with E-state index < -0.39 is 0 Å². The van der Waals surface area contributed by atoms with E-state index in [0.29, 0.717) is 0 Å². The molecule has 0 aliphatic rings. The van der Waals surface area contributed by atoms with Crippen LogP contribution in [-0.4, -0.2) is 25.8 Å². The quantitative estimate of drug-likeness (QED) is 0.438. The number of ether oxygens (including phenoxy) is 1. The number of hydrogen-bond donors (Lipinski definition) is 2. The number of halogens is 1. The Morgan fingerprint density at radius 2 is 1.86 bits per heavy atom. The van der Waals surface area contributed by atoms with Gasteiger partial charge in [-0.2, -0.15) is 5.10 Å². The summed E-state index contributed by atoms with van der Waals surface area (Å²) in [5, 5.41) is 6.95. The number of rotatable bonds is 6. The number of hydrogen-bond acceptors (Lipinski definition) is 4. The van der Waals surface area contributed by atoms with Crippen LogP contribution in [0.1, 0.15) is 5.56 Å². The van der Waals surface area contributed by atoms with Crippen molar-refractivity contribution in [1.29, 1.82) is 0 Å². The van der Waals surface area contributed by atoms with Crippen molar-refractivity contribution in [3.8, 4) is 5.75 Å². The summed E-state index contributed by atoms with van der Waals surface area (Å²) < 4.78 is 6.22. The van der Waals surface area contributed by atoms with Gasteiger partial charge in [-0.05, 0) is 76.7 Å². The van der Waals surface area contributed by atoms with Crippen LogP contribution in [0.3, 0.4) is 0 Å². The number of benzene rings is 2. The van der Waals surface area contributed by atoms with Crippen LogP contribution >= 0.6 is 22.6 Å². The summed E-state index contributed by atoms with van der Waals surface area (Å²) >= 11 is 2.23. The zero-order chi connectivity index (χ0) is 15.8. The van der Waals surface area contributed by atoms with E-state index in [9.17, 15) is 4.79 Å². The maximum atomic E-state index is 11.7. The normalized spacial score (nSPS) is 10.5. The highest BCUT2D eigenvalue weighted by Crippen LogP contribution is 2.11. The summed E-state index contributed by atoms with van der Waals surface area (Å²) in [6, 6.07) is 15.2. The van der Waals surface area contributed by atoms with Crippen LogP contribution in [0.15, 0.2) is 53.6 Å². The second kappa shape index (κ2) is 8.38. The van der Waals surface area contributed by atoms with Gasteiger partial charge in [-0.25, -0.2) is 5.43 Å². The number of carbonyl (C=O) groups excluding carboxylic acids is 1. The third-order valence-electron chi connectivity index (χ3n) is 2.82. The second-order valence-corrected chi connectivity index (χ2v) is 5.67. The third kappa shape index (κ3) is 5.36. The highest BCUT2D eigenvalue weighted by atomic mass is 127. The van der Waals surface area contributed by atoms with Gasteiger partial charge >= 0.3 is 0 Å². The molecule has 0 aliphatic carbocycles. The van der Waals surface area contributed by atoms with Crippen LogP contribution < -0.4 is 15.5 Å². The zero-order valence-electron chi connectivity index (χ0n) is 12.0. The number of anilines is 1. The van der Waals surface area contributed by atoms with Gasteiger partial charge in [-0.1, -0.05) is 0 Å². The molecule has 2 aromatic carbocycles. The first kappa shape index (κ1) is 16.3. The summed E-state index contributed by atoms with van der Waals surface area (Å²) in [4.78, 5) is 11.7. The molecular formula is C16H16IN3O2. The van der Waals surface area contributed by atoms with Gasteiger partial charge in [0.1, 0.15) is 5.75 Å². The van der Waals surface area contributed by atoms with Crippen molar-refractivity contribution in [3.05, 3.63) is 57.7 Å². The first-order valence-electron chi connectivity index (χ1n) is 6.63. The minimum Gasteiger partial charge on any atom is -0.497 e. The average Bonchev–Trinajstić information content (AvgIpc) is 2.55. The van der Waals surface area contributed by atoms with Crippen molar-refractivity contribution in [2.75, 3.05) is 19.0 Å². The van der Waals surface area contributed by atoms with Gasteiger partial charge < -0.3 is 10.1 Å². The van der Waals surface area contributed by atoms with Gasteiger partial charge in [-0.15, -0.1) is 0 Å². The lowest BCUT2D eigenvalue weighted by Crippen LogP contribution is -2.25. The van der Waals surface area contributed by atoms with Crippen molar-refractivity contribution in [2.24, 2.45) is 5.10 Å². The van der Waals surface area contributed by atoms with E-state index in [1.165, 1.54) is 0 Å². The predicted molar refractivity (Wildman–Crippen MR) is 96.4 cm³/mol. The summed E-state index contributed by atoms with van der Waals surface area (Å²) in [6.07, 6.45) is 1.59. The summed E-state index contributed by atoms with van der Waals surface area (Å²) in [5.74, 6) is 0.575. The Morgan fingerprint density at radius 3 is 2.50 bits per heavy atom. The lowest BCUT2D eigenvalue weighted by Gasteiger charge is -2.05. The molecule has 2 N–H and O–H groups in total. The third-order valence-corrected chi connectivity index (χ3v) is 3.54. The molecule has 0 saturated heterocycles. The van der Waals surface area contributed by atoms with Crippen LogP contribution in [0.5, 0.6) is 5.75 Å². The second-order valence-electron chi connectivity index (χ2n) is 4.43. The molecule has 114 valence electrons. The minimum atomic E-state index is -0.205. The van der Waals surface area contributed by atoms with Gasteiger partial charge in [0.05, 0.1) is 19.9 Å². The van der Waals surface area contributed by atoms with Crippen molar-refractivity contribution < 1.29 is 9.53 Å². The summed E-state index contributed by atoms with van der Waals surface area (Å²) in [5.41, 5.74) is 4.26. The van der Waals surface area contributed by atoms with E-state index in [1.807, 2.05) is 48.5 Å². The predicted octanol–water partition coefficient (Wildman–Crippen LogP) is 2.86. The van der Waals surface area contributed by atoms with Crippen molar-refractivity contribution >= 4 is 40.4 Å². The summed E-state index contributed by atoms with van der Waals surface area (Å²) in [7, 11) is 1.62. The van der Waals surface area contributed by atoms with Crippen molar-refractivity contribution in [1.82, 2.24) is 5.43 Å². The molecule has 0 spiro atoms. The van der Waals surface area contributed by atoms with Gasteiger partial charge in [0, 0.05) is 9.26 Å². The fourth-order valence-corrected chi connectivity index (χ4v) is 2.02. The van der Waals surface area contributed by atoms with E-state index in [2.05, 4.69) is 38.4 Å². The number of amides is 1. The van der Waals surface area contributed by atoms with E-state index in [1.54, 1.807) is 13.3 Å². The fourth-order valence-electron chi connectivity index (χ4n) is 1.66. The van der Waals surface area contributed by atoms with E-state index in [-0.39, 0.29) is 12.5 Å². The Labute approximate surface area is 142 Å². The number of nitrogens with zero attached hydrogens (tertiary/aromatic N) is 1. The largest absolute Gasteiger partial charge is 0.497 e. The average molecular weight is 409 g/mol. The van der Waals surface area contributed by atoms with E-state index in [4.69, 9.17) is 4.74 Å². The van der Waals surface area contributed by atoms with E-state index >= 15 is 0 Å². The van der Waals surface area contributed by atoms with Crippen molar-refractivity contribution in [2.45, 2.75) is 0 Å². The van der Waals surface area contributed by atoms with Gasteiger partial charge in [0.15, 0.2) is 0 Å². The van der Waals surface area contributed by atoms with Gasteiger partial charge in [0.25, 0.3) is 5.91 Å². The monoisotopic (exact) mass is 409 g/mol. The van der Waals surface area contributed by atoms with Crippen LogP contribution in [0, 0.1) is 3.57 Å². The molecular weight excluding hydrogens is 393 g/mol. The number of methoxy groups -OCH3 is 1. The highest BCUT2D eigenvalue weighted by molar-refractivity contribution is 14.1. The molecule has 0 radical (unpaired) electrons. The smallest absolute Gasteiger partial charge is 0.259 e. The van der Waals surface area contributed by atoms with Crippen LogP contribution in [0.25, 0.3) is 0 Å². The molecule has 6 heteroatoms. The Bertz CT molecular complexity index is 639. The SMILES string of the molecule is COc1ccc(/C=N\NC(=O)CNc2ccc(I)cc2)cc1. The molecule has 0 atom stereocenters. The first-order valence-corrected chi connectivity index (χ1v) is 7.70. The molecule has 2 rings (SSSR count). The Kier molecular flexibility index (Phi) is 6.20. The van der Waals surface area contributed by atoms with Crippen LogP contribution in [0.2, 0.25) is 0 Å². The first-order chi connectivity index (χ1) is 10.7. The zero-order valence-corrected chi connectivity index (χ0v) is 14.2. The number of hydrazone groups is 1. The number of carbonyl (C=O) groups is 1. The maximum absolute atomic E-state index is 11.7. The lowest BCUT2D eigenvalue weighted by atomic mass is 10.2. The molecule has 0 aromatic heterocycles. The molecule has 0 aliphatic heterocycles. The number of nitrogens with one attached hydrogen (secondary N) is 2. The van der Waals surface area contributed by atoms with Crippen LogP contribution in [-0.2, 0) is 4.79 Å². The topological polar surface area (TPSA) is 62.7 Å². The van der Waals surface area contributed by atoms with Gasteiger partial charge in [0.2, 0.25) is 0 Å². The van der Waals surface area contributed by atoms with Gasteiger partial charge in [-0.3, -0.25) is 4.79 Å². The molecule has 2 aromatic rings. The Morgan fingerprint density at radius 1 is 1.18 bits per heavy atom. The molecule has 0 heterocycles. The minimum absolute atomic E-state index is 0.167. The standard InChI is InChI=1S/C16H16IN3O2/c1-22-15-8-2-12(3-9-15)10-19-20-16(21)11-18-14-6-4-13(17)5-7-14/h2-10,18H,11H2,1H3,(H,20,21)/b19-10-. The van der Waals surface area contributed by atoms with Crippen molar-refractivity contribution in [3.63, 3.8) is 0 Å². The highest BCUT2D eigenvalue weighted by Gasteiger charge is 1.99. The molecule has 0 unspecified atom stereocenters. The van der Waals surface area contributed by atoms with E-state index in [0.717, 1.165) is 20.6 Å². The molecule has 0 saturated carbocycles. The lowest BCUT2D eigenvalue weighted by molar-refractivity contribution is -0.119. The fraction of sp³-hybridized carbons (Fsp3) is 0.125.